The number of nitrogens with zero attached hydrogens (tertiary/aromatic N) is 1. The lowest BCUT2D eigenvalue weighted by Gasteiger charge is -2.26. The van der Waals surface area contributed by atoms with Crippen molar-refractivity contribution in [3.63, 3.8) is 0 Å². The lowest BCUT2D eigenvalue weighted by Crippen LogP contribution is -2.35. The second kappa shape index (κ2) is 11.1. The monoisotopic (exact) mass is 527 g/mol. The number of primary sulfonamides is 1. The van der Waals surface area contributed by atoms with E-state index in [-0.39, 0.29) is 34.6 Å². The standard InChI is InChI=1S/C26H26ClN3O5S/c27-22-10-3-2-7-18(22)16-25(31)29-20-11-12-23(24(17-20)36(28,33)34)35-21-9-6-8-19(15-21)26(32)30-13-4-1-5-14-30/h2-3,6-12,15,17H,1,4-5,13-14,16H2,(H,29,31)(H2,28,33,34). The van der Waals surface area contributed by atoms with Crippen LogP contribution in [0, 0.1) is 0 Å². The molecule has 2 amide bonds. The van der Waals surface area contributed by atoms with E-state index in [1.807, 2.05) is 0 Å². The van der Waals surface area contributed by atoms with Gasteiger partial charge in [0.15, 0.2) is 0 Å². The van der Waals surface area contributed by atoms with Crippen LogP contribution in [0.5, 0.6) is 11.5 Å². The number of hydrogen-bond donors (Lipinski definition) is 2. The Morgan fingerprint density at radius 3 is 2.44 bits per heavy atom. The van der Waals surface area contributed by atoms with Gasteiger partial charge in [0.2, 0.25) is 15.9 Å². The van der Waals surface area contributed by atoms with Crippen molar-refractivity contribution in [3.05, 3.63) is 82.9 Å². The molecule has 0 aliphatic carbocycles. The summed E-state index contributed by atoms with van der Waals surface area (Å²) in [5.41, 5.74) is 1.33. The number of piperidine rings is 1. The SMILES string of the molecule is NS(=O)(=O)c1cc(NC(=O)Cc2ccccc2Cl)ccc1Oc1cccc(C(=O)N2CCCCC2)c1. The van der Waals surface area contributed by atoms with Crippen LogP contribution >= 0.6 is 11.6 Å². The van der Waals surface area contributed by atoms with Crippen LogP contribution in [0.15, 0.2) is 71.6 Å². The van der Waals surface area contributed by atoms with Crippen molar-refractivity contribution in [1.82, 2.24) is 4.90 Å². The van der Waals surface area contributed by atoms with Crippen molar-refractivity contribution >= 4 is 39.1 Å². The number of anilines is 1. The number of carbonyl (C=O) groups excluding carboxylic acids is 2. The molecular formula is C26H26ClN3O5S. The Morgan fingerprint density at radius 2 is 1.72 bits per heavy atom. The first kappa shape index (κ1) is 25.7. The van der Waals surface area contributed by atoms with Crippen LogP contribution < -0.4 is 15.2 Å². The van der Waals surface area contributed by atoms with E-state index < -0.39 is 10.0 Å². The predicted molar refractivity (Wildman–Crippen MR) is 138 cm³/mol. The molecule has 0 atom stereocenters. The zero-order chi connectivity index (χ0) is 25.7. The fraction of sp³-hybridized carbons (Fsp3) is 0.231. The molecule has 3 aromatic carbocycles. The molecule has 10 heteroatoms. The topological polar surface area (TPSA) is 119 Å². The van der Waals surface area contributed by atoms with Gasteiger partial charge in [0, 0.05) is 29.4 Å². The summed E-state index contributed by atoms with van der Waals surface area (Å²) in [6.07, 6.45) is 3.07. The van der Waals surface area contributed by atoms with Crippen molar-refractivity contribution < 1.29 is 22.7 Å². The largest absolute Gasteiger partial charge is 0.456 e. The van der Waals surface area contributed by atoms with Crippen LogP contribution in [-0.2, 0) is 21.2 Å². The van der Waals surface area contributed by atoms with Gasteiger partial charge in [-0.25, -0.2) is 13.6 Å². The number of benzene rings is 3. The third-order valence-corrected chi connectivity index (χ3v) is 7.10. The van der Waals surface area contributed by atoms with Gasteiger partial charge in [0.05, 0.1) is 6.42 Å². The number of nitrogens with two attached hydrogens (primary N) is 1. The van der Waals surface area contributed by atoms with Gasteiger partial charge in [-0.1, -0.05) is 35.9 Å². The molecule has 0 aromatic heterocycles. The quantitative estimate of drug-likeness (QED) is 0.466. The maximum absolute atomic E-state index is 12.8. The van der Waals surface area contributed by atoms with Gasteiger partial charge < -0.3 is 15.0 Å². The van der Waals surface area contributed by atoms with Crippen LogP contribution in [0.4, 0.5) is 5.69 Å². The van der Waals surface area contributed by atoms with Crippen LogP contribution in [0.3, 0.4) is 0 Å². The summed E-state index contributed by atoms with van der Waals surface area (Å²) in [5, 5.41) is 8.55. The Labute approximate surface area is 215 Å². The number of rotatable bonds is 7. The van der Waals surface area contributed by atoms with Crippen molar-refractivity contribution in [2.24, 2.45) is 5.14 Å². The Morgan fingerprint density at radius 1 is 0.972 bits per heavy atom. The minimum atomic E-state index is -4.19. The second-order valence-corrected chi connectivity index (χ2v) is 10.4. The Hall–Kier alpha value is -3.40. The molecule has 4 rings (SSSR count). The molecule has 1 fully saturated rings. The number of carbonyl (C=O) groups is 2. The van der Waals surface area contributed by atoms with E-state index >= 15 is 0 Å². The zero-order valence-electron chi connectivity index (χ0n) is 19.4. The number of nitrogens with one attached hydrogen (secondary N) is 1. The fourth-order valence-electron chi connectivity index (χ4n) is 4.01. The molecule has 1 aliphatic rings. The first-order valence-corrected chi connectivity index (χ1v) is 13.4. The second-order valence-electron chi connectivity index (χ2n) is 8.51. The summed E-state index contributed by atoms with van der Waals surface area (Å²) in [6, 6.07) is 17.7. The van der Waals surface area contributed by atoms with E-state index in [2.05, 4.69) is 5.32 Å². The van der Waals surface area contributed by atoms with E-state index in [1.54, 1.807) is 53.4 Å². The highest BCUT2D eigenvalue weighted by Crippen LogP contribution is 2.31. The molecule has 36 heavy (non-hydrogen) atoms. The van der Waals surface area contributed by atoms with Gasteiger partial charge in [0.25, 0.3) is 5.91 Å². The molecule has 1 aliphatic heterocycles. The van der Waals surface area contributed by atoms with Crippen LogP contribution in [0.1, 0.15) is 35.2 Å². The van der Waals surface area contributed by atoms with Gasteiger partial charge in [-0.2, -0.15) is 0 Å². The molecule has 0 spiro atoms. The summed E-state index contributed by atoms with van der Waals surface area (Å²) < 4.78 is 30.4. The molecule has 188 valence electrons. The Bertz CT molecular complexity index is 1390. The van der Waals surface area contributed by atoms with Crippen molar-refractivity contribution in [2.75, 3.05) is 18.4 Å². The van der Waals surface area contributed by atoms with Gasteiger partial charge >= 0.3 is 0 Å². The van der Waals surface area contributed by atoms with E-state index in [0.29, 0.717) is 35.0 Å². The molecule has 0 saturated carbocycles. The highest BCUT2D eigenvalue weighted by Gasteiger charge is 2.21. The van der Waals surface area contributed by atoms with E-state index in [4.69, 9.17) is 21.5 Å². The number of hydrogen-bond acceptors (Lipinski definition) is 5. The summed E-state index contributed by atoms with van der Waals surface area (Å²) in [6.45, 7) is 1.42. The summed E-state index contributed by atoms with van der Waals surface area (Å²) in [4.78, 5) is 26.8. The van der Waals surface area contributed by atoms with Crippen molar-refractivity contribution in [1.29, 1.82) is 0 Å². The van der Waals surface area contributed by atoms with Crippen molar-refractivity contribution in [3.8, 4) is 11.5 Å². The van der Waals surface area contributed by atoms with Crippen LogP contribution in [-0.4, -0.2) is 38.2 Å². The van der Waals surface area contributed by atoms with Crippen LogP contribution in [0.2, 0.25) is 5.02 Å². The summed E-state index contributed by atoms with van der Waals surface area (Å²) >= 11 is 6.11. The minimum Gasteiger partial charge on any atom is -0.456 e. The number of ether oxygens (including phenoxy) is 1. The first-order valence-electron chi connectivity index (χ1n) is 11.5. The normalized spacial score (nSPS) is 13.8. The molecule has 0 radical (unpaired) electrons. The molecular weight excluding hydrogens is 502 g/mol. The molecule has 0 bridgehead atoms. The number of halogens is 1. The summed E-state index contributed by atoms with van der Waals surface area (Å²) in [5.74, 6) is -0.202. The minimum absolute atomic E-state index is 0.0144. The highest BCUT2D eigenvalue weighted by atomic mass is 35.5. The van der Waals surface area contributed by atoms with Gasteiger partial charge in [-0.15, -0.1) is 0 Å². The molecule has 3 N–H and O–H groups in total. The number of likely N-dealkylation sites (tertiary alicyclic amines) is 1. The third kappa shape index (κ3) is 6.42. The van der Waals surface area contributed by atoms with Gasteiger partial charge in [-0.3, -0.25) is 9.59 Å². The maximum atomic E-state index is 12.8. The molecule has 3 aromatic rings. The van der Waals surface area contributed by atoms with E-state index in [0.717, 1.165) is 19.3 Å². The molecule has 8 nitrogen and oxygen atoms in total. The Balaban J connectivity index is 1.53. The van der Waals surface area contributed by atoms with Gasteiger partial charge in [0.1, 0.15) is 16.4 Å². The smallest absolute Gasteiger partial charge is 0.253 e. The highest BCUT2D eigenvalue weighted by molar-refractivity contribution is 7.89. The fourth-order valence-corrected chi connectivity index (χ4v) is 4.90. The Kier molecular flexibility index (Phi) is 7.93. The lowest BCUT2D eigenvalue weighted by atomic mass is 10.1. The lowest BCUT2D eigenvalue weighted by molar-refractivity contribution is -0.115. The third-order valence-electron chi connectivity index (χ3n) is 5.79. The molecule has 1 saturated heterocycles. The van der Waals surface area contributed by atoms with Crippen molar-refractivity contribution in [2.45, 2.75) is 30.6 Å². The zero-order valence-corrected chi connectivity index (χ0v) is 21.0. The van der Waals surface area contributed by atoms with E-state index in [9.17, 15) is 18.0 Å². The molecule has 1 heterocycles. The number of amides is 2. The molecule has 0 unspecified atom stereocenters. The van der Waals surface area contributed by atoms with Crippen LogP contribution in [0.25, 0.3) is 0 Å². The predicted octanol–water partition coefficient (Wildman–Crippen LogP) is 4.59. The summed E-state index contributed by atoms with van der Waals surface area (Å²) in [7, 11) is -4.19. The van der Waals surface area contributed by atoms with Gasteiger partial charge in [-0.05, 0) is 67.3 Å². The number of sulfonamides is 1. The van der Waals surface area contributed by atoms with E-state index in [1.165, 1.54) is 18.2 Å². The first-order chi connectivity index (χ1) is 17.2. The average Bonchev–Trinajstić information content (AvgIpc) is 2.86. The average molecular weight is 528 g/mol. The maximum Gasteiger partial charge on any atom is 0.253 e.